The second-order valence-electron chi connectivity index (χ2n) is 16.9. The molecular formula is C52H58N4O13. The largest absolute Gasteiger partial charge is 0.489 e. The fourth-order valence-electron chi connectivity index (χ4n) is 6.86. The summed E-state index contributed by atoms with van der Waals surface area (Å²) in [6, 6.07) is 35.5. The lowest BCUT2D eigenvalue weighted by Gasteiger charge is -2.26. The van der Waals surface area contributed by atoms with Crippen LogP contribution in [-0.4, -0.2) is 89.8 Å². The number of carboxylic acid groups (broad SMARTS) is 1. The zero-order valence-corrected chi connectivity index (χ0v) is 38.8. The van der Waals surface area contributed by atoms with Crippen LogP contribution in [0.25, 0.3) is 11.1 Å². The van der Waals surface area contributed by atoms with Gasteiger partial charge in [0.15, 0.2) is 0 Å². The number of hydrogen-bond donors (Lipinski definition) is 6. The van der Waals surface area contributed by atoms with Crippen LogP contribution in [0.1, 0.15) is 55.0 Å². The van der Waals surface area contributed by atoms with Crippen LogP contribution in [0.15, 0.2) is 133 Å². The molecule has 69 heavy (non-hydrogen) atoms. The van der Waals surface area contributed by atoms with Crippen LogP contribution in [0.3, 0.4) is 0 Å². The number of carbonyl (C=O) groups excluding carboxylic acids is 5. The molecule has 0 aliphatic rings. The van der Waals surface area contributed by atoms with E-state index < -0.39 is 72.4 Å². The van der Waals surface area contributed by atoms with E-state index in [-0.39, 0.29) is 39.2 Å². The number of benzene rings is 5. The van der Waals surface area contributed by atoms with Crippen LogP contribution >= 0.6 is 0 Å². The highest BCUT2D eigenvalue weighted by Crippen LogP contribution is 2.30. The number of aliphatic hydroxyl groups excluding tert-OH is 1. The zero-order chi connectivity index (χ0) is 49.8. The van der Waals surface area contributed by atoms with E-state index in [2.05, 4.69) is 21.3 Å². The van der Waals surface area contributed by atoms with Gasteiger partial charge in [0.1, 0.15) is 49.3 Å². The van der Waals surface area contributed by atoms with Crippen LogP contribution in [0.4, 0.5) is 14.4 Å². The Labute approximate surface area is 400 Å². The Bertz CT molecular complexity index is 2480. The molecule has 0 spiro atoms. The van der Waals surface area contributed by atoms with E-state index in [4.69, 9.17) is 23.7 Å². The van der Waals surface area contributed by atoms with Crippen molar-refractivity contribution in [3.8, 4) is 16.9 Å². The van der Waals surface area contributed by atoms with Crippen molar-refractivity contribution in [3.05, 3.63) is 161 Å². The van der Waals surface area contributed by atoms with Gasteiger partial charge in [0.2, 0.25) is 5.91 Å². The fourth-order valence-corrected chi connectivity index (χ4v) is 6.86. The molecule has 0 heterocycles. The lowest BCUT2D eigenvalue weighted by atomic mass is 9.96. The highest BCUT2D eigenvalue weighted by Gasteiger charge is 2.31. The summed E-state index contributed by atoms with van der Waals surface area (Å²) in [7, 11) is 1.16. The van der Waals surface area contributed by atoms with Crippen LogP contribution in [0.2, 0.25) is 0 Å². The first-order valence-corrected chi connectivity index (χ1v) is 22.1. The summed E-state index contributed by atoms with van der Waals surface area (Å²) in [5, 5.41) is 31.1. The molecule has 0 saturated heterocycles. The van der Waals surface area contributed by atoms with Gasteiger partial charge in [-0.1, -0.05) is 121 Å². The third-order valence-corrected chi connectivity index (χ3v) is 10.2. The second kappa shape index (κ2) is 25.8. The van der Waals surface area contributed by atoms with Crippen molar-refractivity contribution in [3.63, 3.8) is 0 Å². The Hall–Kier alpha value is -7.92. The van der Waals surface area contributed by atoms with Gasteiger partial charge in [0, 0.05) is 25.8 Å². The summed E-state index contributed by atoms with van der Waals surface area (Å²) >= 11 is 0. The molecular weight excluding hydrogens is 889 g/mol. The molecule has 5 aromatic rings. The maximum absolute atomic E-state index is 13.9. The number of aliphatic carboxylic acids is 1. The molecule has 4 amide bonds. The van der Waals surface area contributed by atoms with Crippen molar-refractivity contribution in [2.24, 2.45) is 0 Å². The molecule has 17 heteroatoms. The summed E-state index contributed by atoms with van der Waals surface area (Å²) in [5.41, 5.74) is 3.76. The van der Waals surface area contributed by atoms with E-state index in [0.29, 0.717) is 28.0 Å². The van der Waals surface area contributed by atoms with E-state index in [1.54, 1.807) is 112 Å². The molecule has 0 aliphatic heterocycles. The smallest absolute Gasteiger partial charge is 0.408 e. The monoisotopic (exact) mass is 946 g/mol. The molecule has 0 saturated carbocycles. The molecule has 5 aromatic carbocycles. The molecule has 0 aliphatic carbocycles. The number of ether oxygens (including phenoxy) is 5. The average Bonchev–Trinajstić information content (AvgIpc) is 3.33. The standard InChI is InChI=1S/C52H58N4O13/c1-52(2,3)69-51(64)55-42(29-41(57)30-53-49(62)67-32-35-17-10-6-11-18-35)46(58)54-44(48(61)65-4)26-37-21-14-22-38(25-37)39-23-24-45(66-31-34-15-8-5-9-16-34)40(27-39)28-43(47(59)60)56-50(63)68-33-36-19-12-7-13-20-36/h5-25,27,41-44,57H,26,28-33H2,1-4H3,(H,53,62)(H,54,58)(H,55,64)(H,56,63)(H,59,60)/t41-,42+,43+,44+/m1/s1. The van der Waals surface area contributed by atoms with E-state index in [1.165, 1.54) is 0 Å². The Morgan fingerprint density at radius 1 is 0.580 bits per heavy atom. The van der Waals surface area contributed by atoms with Gasteiger partial charge < -0.3 is 55.2 Å². The van der Waals surface area contributed by atoms with Gasteiger partial charge in [-0.3, -0.25) is 4.79 Å². The van der Waals surface area contributed by atoms with E-state index in [1.807, 2.05) is 42.5 Å². The lowest BCUT2D eigenvalue weighted by molar-refractivity contribution is -0.145. The Morgan fingerprint density at radius 3 is 1.71 bits per heavy atom. The number of carbonyl (C=O) groups is 6. The number of carboxylic acids is 1. The number of amides is 4. The average molecular weight is 947 g/mol. The number of alkyl carbamates (subject to hydrolysis) is 3. The molecule has 364 valence electrons. The fraction of sp³-hybridized carbons (Fsp3) is 0.308. The Kier molecular flexibility index (Phi) is 19.5. The summed E-state index contributed by atoms with van der Waals surface area (Å²) < 4.78 is 27.1. The van der Waals surface area contributed by atoms with E-state index >= 15 is 0 Å². The quantitative estimate of drug-likeness (QED) is 0.0316. The minimum absolute atomic E-state index is 0.0101. The molecule has 6 N–H and O–H groups in total. The van der Waals surface area contributed by atoms with E-state index in [9.17, 15) is 39.0 Å². The molecule has 0 bridgehead atoms. The highest BCUT2D eigenvalue weighted by atomic mass is 16.6. The Morgan fingerprint density at radius 2 is 1.13 bits per heavy atom. The van der Waals surface area contributed by atoms with Crippen LogP contribution < -0.4 is 26.0 Å². The molecule has 0 aromatic heterocycles. The second-order valence-corrected chi connectivity index (χ2v) is 16.9. The first-order valence-electron chi connectivity index (χ1n) is 22.1. The molecule has 17 nitrogen and oxygen atoms in total. The molecule has 0 radical (unpaired) electrons. The third kappa shape index (κ3) is 18.0. The first-order chi connectivity index (χ1) is 33.0. The van der Waals surface area contributed by atoms with Crippen LogP contribution in [-0.2, 0) is 66.0 Å². The third-order valence-electron chi connectivity index (χ3n) is 10.2. The summed E-state index contributed by atoms with van der Waals surface area (Å²) in [6.07, 6.45) is -4.69. The topological polar surface area (TPSA) is 237 Å². The summed E-state index contributed by atoms with van der Waals surface area (Å²) in [5.74, 6) is -2.56. The van der Waals surface area contributed by atoms with Gasteiger partial charge in [0.05, 0.1) is 13.2 Å². The summed E-state index contributed by atoms with van der Waals surface area (Å²) in [4.78, 5) is 77.8. The van der Waals surface area contributed by atoms with Gasteiger partial charge in [0.25, 0.3) is 0 Å². The minimum Gasteiger partial charge on any atom is -0.489 e. The van der Waals surface area contributed by atoms with Crippen molar-refractivity contribution in [1.29, 1.82) is 0 Å². The SMILES string of the molecule is COC(=O)[C@H](Cc1cccc(-c2ccc(OCc3ccccc3)c(C[C@H](NC(=O)OCc3ccccc3)C(=O)O)c2)c1)NC(=O)[C@H](C[C@@H](O)CNC(=O)OCc1ccccc1)NC(=O)OC(C)(C)C. The van der Waals surface area contributed by atoms with Crippen molar-refractivity contribution >= 4 is 36.1 Å². The minimum atomic E-state index is -1.44. The molecule has 0 unspecified atom stereocenters. The molecule has 4 atom stereocenters. The number of methoxy groups -OCH3 is 1. The number of aliphatic hydroxyl groups is 1. The van der Waals surface area contributed by atoms with Crippen molar-refractivity contribution in [1.82, 2.24) is 21.3 Å². The number of nitrogens with one attached hydrogen (secondary N) is 4. The predicted octanol–water partition coefficient (Wildman–Crippen LogP) is 6.63. The molecule has 5 rings (SSSR count). The van der Waals surface area contributed by atoms with Crippen LogP contribution in [0.5, 0.6) is 5.75 Å². The van der Waals surface area contributed by atoms with Crippen molar-refractivity contribution < 1.29 is 62.7 Å². The number of rotatable bonds is 22. The number of esters is 1. The zero-order valence-electron chi connectivity index (χ0n) is 38.8. The Balaban J connectivity index is 1.32. The van der Waals surface area contributed by atoms with Gasteiger partial charge >= 0.3 is 30.2 Å². The van der Waals surface area contributed by atoms with Gasteiger partial charge in [-0.05, 0) is 71.8 Å². The normalized spacial score (nSPS) is 12.7. The number of hydrogen-bond acceptors (Lipinski definition) is 12. The van der Waals surface area contributed by atoms with Crippen molar-refractivity contribution in [2.45, 2.75) is 89.7 Å². The van der Waals surface area contributed by atoms with Crippen molar-refractivity contribution in [2.75, 3.05) is 13.7 Å². The van der Waals surface area contributed by atoms with Gasteiger partial charge in [-0.2, -0.15) is 0 Å². The van der Waals surface area contributed by atoms with Gasteiger partial charge in [-0.15, -0.1) is 0 Å². The summed E-state index contributed by atoms with van der Waals surface area (Å²) in [6.45, 7) is 4.68. The first kappa shape index (κ1) is 52.1. The van der Waals surface area contributed by atoms with Gasteiger partial charge in [-0.25, -0.2) is 24.0 Å². The van der Waals surface area contributed by atoms with E-state index in [0.717, 1.165) is 23.8 Å². The highest BCUT2D eigenvalue weighted by molar-refractivity contribution is 5.90. The predicted molar refractivity (Wildman–Crippen MR) is 254 cm³/mol. The van der Waals surface area contributed by atoms with Crippen LogP contribution in [0, 0.1) is 0 Å². The lowest BCUT2D eigenvalue weighted by Crippen LogP contribution is -2.54. The maximum atomic E-state index is 13.9. The molecule has 0 fully saturated rings. The maximum Gasteiger partial charge on any atom is 0.408 e.